The summed E-state index contributed by atoms with van der Waals surface area (Å²) in [6.45, 7) is 9.08. The normalized spacial score (nSPS) is 17.2. The Labute approximate surface area is 149 Å². The van der Waals surface area contributed by atoms with Crippen LogP contribution in [-0.4, -0.2) is 53.8 Å². The number of nitrogens with one attached hydrogen (secondary N) is 1. The molecule has 2 rings (SSSR count). The van der Waals surface area contributed by atoms with Crippen molar-refractivity contribution in [2.75, 3.05) is 26.2 Å². The topological polar surface area (TPSA) is 52.7 Å². The smallest absolute Gasteiger partial charge is 0.245 e. The van der Waals surface area contributed by atoms with E-state index in [1.54, 1.807) is 12.1 Å². The van der Waals surface area contributed by atoms with Crippen LogP contribution in [0.4, 0.5) is 4.39 Å². The third-order valence-electron chi connectivity index (χ3n) is 4.51. The van der Waals surface area contributed by atoms with Gasteiger partial charge in [0, 0.05) is 39.6 Å². The minimum Gasteiger partial charge on any atom is -0.344 e. The van der Waals surface area contributed by atoms with Crippen molar-refractivity contribution in [3.05, 3.63) is 35.6 Å². The Kier molecular flexibility index (Phi) is 6.93. The Bertz CT molecular complexity index is 589. The van der Waals surface area contributed by atoms with Crippen LogP contribution in [0.1, 0.15) is 32.8 Å². The fraction of sp³-hybridized carbons (Fsp3) is 0.579. The van der Waals surface area contributed by atoms with Crippen LogP contribution in [0.2, 0.25) is 0 Å². The number of halogens is 1. The van der Waals surface area contributed by atoms with E-state index < -0.39 is 6.04 Å². The fourth-order valence-corrected chi connectivity index (χ4v) is 3.13. The molecule has 1 aromatic rings. The molecule has 5 nitrogen and oxygen atoms in total. The van der Waals surface area contributed by atoms with E-state index in [-0.39, 0.29) is 23.5 Å². The van der Waals surface area contributed by atoms with E-state index >= 15 is 0 Å². The number of benzene rings is 1. The van der Waals surface area contributed by atoms with Crippen molar-refractivity contribution in [2.24, 2.45) is 5.92 Å². The molecule has 1 saturated heterocycles. The van der Waals surface area contributed by atoms with Crippen molar-refractivity contribution in [1.29, 1.82) is 0 Å². The highest BCUT2D eigenvalue weighted by molar-refractivity contribution is 5.87. The number of rotatable bonds is 5. The lowest BCUT2D eigenvalue weighted by Crippen LogP contribution is -2.51. The van der Waals surface area contributed by atoms with E-state index in [1.165, 1.54) is 19.1 Å². The molecular formula is C19H28FN3O2. The zero-order valence-corrected chi connectivity index (χ0v) is 15.3. The van der Waals surface area contributed by atoms with Gasteiger partial charge in [-0.3, -0.25) is 14.5 Å². The van der Waals surface area contributed by atoms with Gasteiger partial charge in [0.05, 0.1) is 0 Å². The number of carbonyl (C=O) groups is 2. The summed E-state index contributed by atoms with van der Waals surface area (Å²) in [4.78, 5) is 28.3. The van der Waals surface area contributed by atoms with Gasteiger partial charge in [0.2, 0.25) is 11.8 Å². The Morgan fingerprint density at radius 1 is 1.12 bits per heavy atom. The number of hydrogen-bond acceptors (Lipinski definition) is 3. The lowest BCUT2D eigenvalue weighted by atomic mass is 10.0. The second-order valence-electron chi connectivity index (χ2n) is 7.00. The summed E-state index contributed by atoms with van der Waals surface area (Å²) in [6, 6.07) is 6.08. The van der Waals surface area contributed by atoms with Crippen LogP contribution >= 0.6 is 0 Å². The summed E-state index contributed by atoms with van der Waals surface area (Å²) in [5.74, 6) is -0.363. The molecule has 1 aromatic carbocycles. The zero-order chi connectivity index (χ0) is 18.4. The molecular weight excluding hydrogens is 321 g/mol. The van der Waals surface area contributed by atoms with Crippen LogP contribution in [0.5, 0.6) is 0 Å². The lowest BCUT2D eigenvalue weighted by Gasteiger charge is -2.28. The van der Waals surface area contributed by atoms with Gasteiger partial charge in [0.1, 0.15) is 11.9 Å². The molecule has 0 saturated carbocycles. The molecule has 6 heteroatoms. The standard InChI is InChI=1S/C19H28FN3O2/c1-14(2)18(21-15(3)24)19(25)23-10-4-9-22(11-12-23)13-16-5-7-17(20)8-6-16/h5-8,14,18H,4,9-13H2,1-3H3,(H,21,24). The molecule has 0 radical (unpaired) electrons. The molecule has 1 unspecified atom stereocenters. The predicted molar refractivity (Wildman–Crippen MR) is 95.3 cm³/mol. The van der Waals surface area contributed by atoms with Crippen LogP contribution in [0.15, 0.2) is 24.3 Å². The highest BCUT2D eigenvalue weighted by Gasteiger charge is 2.29. The highest BCUT2D eigenvalue weighted by Crippen LogP contribution is 2.13. The molecule has 1 fully saturated rings. The number of hydrogen-bond donors (Lipinski definition) is 1. The average molecular weight is 349 g/mol. The second kappa shape index (κ2) is 8.94. The molecule has 1 atom stereocenters. The summed E-state index contributed by atoms with van der Waals surface area (Å²) in [5, 5.41) is 2.77. The van der Waals surface area contributed by atoms with E-state index in [1.807, 2.05) is 18.7 Å². The van der Waals surface area contributed by atoms with E-state index in [9.17, 15) is 14.0 Å². The number of nitrogens with zero attached hydrogens (tertiary/aromatic N) is 2. The van der Waals surface area contributed by atoms with Crippen LogP contribution in [0, 0.1) is 11.7 Å². The van der Waals surface area contributed by atoms with Crippen molar-refractivity contribution in [3.63, 3.8) is 0 Å². The van der Waals surface area contributed by atoms with Gasteiger partial charge in [-0.15, -0.1) is 0 Å². The van der Waals surface area contributed by atoms with E-state index in [4.69, 9.17) is 0 Å². The largest absolute Gasteiger partial charge is 0.344 e. The van der Waals surface area contributed by atoms with Gasteiger partial charge in [0.15, 0.2) is 0 Å². The molecule has 1 heterocycles. The first-order valence-corrected chi connectivity index (χ1v) is 8.89. The average Bonchev–Trinajstić information content (AvgIpc) is 2.79. The Hall–Kier alpha value is -1.95. The minimum absolute atomic E-state index is 0.00571. The van der Waals surface area contributed by atoms with E-state index in [0.29, 0.717) is 13.1 Å². The molecule has 1 N–H and O–H groups in total. The quantitative estimate of drug-likeness (QED) is 0.885. The van der Waals surface area contributed by atoms with Gasteiger partial charge >= 0.3 is 0 Å². The maximum absolute atomic E-state index is 13.0. The van der Waals surface area contributed by atoms with Crippen molar-refractivity contribution in [2.45, 2.75) is 39.8 Å². The highest BCUT2D eigenvalue weighted by atomic mass is 19.1. The predicted octanol–water partition coefficient (Wildman–Crippen LogP) is 2.02. The molecule has 0 spiro atoms. The molecule has 0 bridgehead atoms. The molecule has 1 aliphatic heterocycles. The van der Waals surface area contributed by atoms with Crippen LogP contribution < -0.4 is 5.32 Å². The van der Waals surface area contributed by atoms with Crippen LogP contribution in [0.25, 0.3) is 0 Å². The first-order chi connectivity index (χ1) is 11.9. The van der Waals surface area contributed by atoms with Crippen molar-refractivity contribution in [3.8, 4) is 0 Å². The monoisotopic (exact) mass is 349 g/mol. The lowest BCUT2D eigenvalue weighted by molar-refractivity contribution is -0.137. The summed E-state index contributed by atoms with van der Waals surface area (Å²) < 4.78 is 13.0. The third-order valence-corrected chi connectivity index (χ3v) is 4.51. The first-order valence-electron chi connectivity index (χ1n) is 8.89. The van der Waals surface area contributed by atoms with Gasteiger partial charge < -0.3 is 10.2 Å². The van der Waals surface area contributed by atoms with Gasteiger partial charge in [-0.25, -0.2) is 4.39 Å². The van der Waals surface area contributed by atoms with Crippen molar-refractivity contribution in [1.82, 2.24) is 15.1 Å². The maximum atomic E-state index is 13.0. The molecule has 2 amide bonds. The molecule has 25 heavy (non-hydrogen) atoms. The van der Waals surface area contributed by atoms with Crippen LogP contribution in [-0.2, 0) is 16.1 Å². The fourth-order valence-electron chi connectivity index (χ4n) is 3.13. The SMILES string of the molecule is CC(=O)NC(C(=O)N1CCCN(Cc2ccc(F)cc2)CC1)C(C)C. The second-order valence-corrected chi connectivity index (χ2v) is 7.00. The van der Waals surface area contributed by atoms with Gasteiger partial charge in [-0.1, -0.05) is 26.0 Å². The summed E-state index contributed by atoms with van der Waals surface area (Å²) in [6.07, 6.45) is 0.887. The summed E-state index contributed by atoms with van der Waals surface area (Å²) in [7, 11) is 0. The van der Waals surface area contributed by atoms with Crippen LogP contribution in [0.3, 0.4) is 0 Å². The molecule has 0 aromatic heterocycles. The van der Waals surface area contributed by atoms with E-state index in [2.05, 4.69) is 10.2 Å². The van der Waals surface area contributed by atoms with Crippen molar-refractivity contribution < 1.29 is 14.0 Å². The molecule has 1 aliphatic rings. The zero-order valence-electron chi connectivity index (χ0n) is 15.3. The number of carbonyl (C=O) groups excluding carboxylic acids is 2. The Morgan fingerprint density at radius 2 is 1.80 bits per heavy atom. The summed E-state index contributed by atoms with van der Waals surface area (Å²) >= 11 is 0. The number of amides is 2. The summed E-state index contributed by atoms with van der Waals surface area (Å²) in [5.41, 5.74) is 1.07. The molecule has 138 valence electrons. The Balaban J connectivity index is 1.94. The third kappa shape index (κ3) is 5.81. The van der Waals surface area contributed by atoms with Gasteiger partial charge in [-0.2, -0.15) is 0 Å². The minimum atomic E-state index is -0.471. The maximum Gasteiger partial charge on any atom is 0.245 e. The van der Waals surface area contributed by atoms with E-state index in [0.717, 1.165) is 31.6 Å². The van der Waals surface area contributed by atoms with Crippen molar-refractivity contribution >= 4 is 11.8 Å². The van der Waals surface area contributed by atoms with Gasteiger partial charge in [-0.05, 0) is 30.0 Å². The molecule has 0 aliphatic carbocycles. The Morgan fingerprint density at radius 3 is 2.40 bits per heavy atom. The first kappa shape index (κ1) is 19.4. The van der Waals surface area contributed by atoms with Gasteiger partial charge in [0.25, 0.3) is 0 Å².